The minimum absolute atomic E-state index is 0.776. The molecule has 0 N–H and O–H groups in total. The van der Waals surface area contributed by atoms with Gasteiger partial charge in [-0.1, -0.05) is 0 Å². The molecule has 0 aliphatic heterocycles. The van der Waals surface area contributed by atoms with Crippen LogP contribution in [0.2, 0.25) is 0 Å². The lowest BCUT2D eigenvalue weighted by atomic mass is 10.3. The van der Waals surface area contributed by atoms with E-state index in [9.17, 15) is 0 Å². The maximum Gasteiger partial charge on any atom is 0.191 e. The third-order valence-electron chi connectivity index (χ3n) is 1.54. The van der Waals surface area contributed by atoms with Crippen molar-refractivity contribution in [3.63, 3.8) is 0 Å². The lowest BCUT2D eigenvalue weighted by molar-refractivity contribution is 0.493. The van der Waals surface area contributed by atoms with Crippen LogP contribution in [0.15, 0.2) is 4.42 Å². The van der Waals surface area contributed by atoms with Crippen LogP contribution >= 0.6 is 11.8 Å². The molecule has 0 aliphatic carbocycles. The van der Waals surface area contributed by atoms with Gasteiger partial charge in [-0.3, -0.25) is 0 Å². The Kier molecular flexibility index (Phi) is 3.00. The molecule has 0 saturated heterocycles. The first-order valence-corrected chi connectivity index (χ1v) is 5.05. The summed E-state index contributed by atoms with van der Waals surface area (Å²) in [5.41, 5.74) is 1.11. The zero-order valence-corrected chi connectivity index (χ0v) is 7.99. The van der Waals surface area contributed by atoms with Crippen molar-refractivity contribution in [2.75, 3.05) is 12.0 Å². The second-order valence-electron chi connectivity index (χ2n) is 2.48. The molecular weight excluding hydrogens is 158 g/mol. The van der Waals surface area contributed by atoms with E-state index in [0.717, 1.165) is 29.5 Å². The normalized spacial score (nSPS) is 10.5. The summed E-state index contributed by atoms with van der Waals surface area (Å²) < 4.78 is 5.29. The van der Waals surface area contributed by atoms with Crippen LogP contribution in [0, 0.1) is 13.8 Å². The topological polar surface area (TPSA) is 26.0 Å². The highest BCUT2D eigenvalue weighted by molar-refractivity contribution is 7.98. The monoisotopic (exact) mass is 171 g/mol. The summed E-state index contributed by atoms with van der Waals surface area (Å²) in [7, 11) is 0. The van der Waals surface area contributed by atoms with E-state index in [1.54, 1.807) is 0 Å². The van der Waals surface area contributed by atoms with E-state index in [-0.39, 0.29) is 0 Å². The van der Waals surface area contributed by atoms with Gasteiger partial charge in [-0.2, -0.15) is 11.8 Å². The fourth-order valence-electron chi connectivity index (χ4n) is 1.00. The SMILES string of the molecule is CSCCc1nc(C)oc1C. The molecule has 1 rings (SSSR count). The number of aryl methyl sites for hydroxylation is 3. The summed E-state index contributed by atoms with van der Waals surface area (Å²) in [5, 5.41) is 0. The van der Waals surface area contributed by atoms with Crippen LogP contribution in [0.25, 0.3) is 0 Å². The number of aromatic nitrogens is 1. The molecule has 0 bridgehead atoms. The van der Waals surface area contributed by atoms with Gasteiger partial charge < -0.3 is 4.42 Å². The summed E-state index contributed by atoms with van der Waals surface area (Å²) in [5.74, 6) is 2.86. The van der Waals surface area contributed by atoms with E-state index in [1.807, 2.05) is 25.6 Å². The first-order valence-electron chi connectivity index (χ1n) is 3.66. The molecule has 0 saturated carbocycles. The number of thioether (sulfide) groups is 1. The summed E-state index contributed by atoms with van der Waals surface area (Å²) in [6, 6.07) is 0. The molecule has 0 unspecified atom stereocenters. The van der Waals surface area contributed by atoms with E-state index in [4.69, 9.17) is 4.42 Å². The van der Waals surface area contributed by atoms with Crippen LogP contribution in [0.5, 0.6) is 0 Å². The summed E-state index contributed by atoms with van der Waals surface area (Å²) in [6.45, 7) is 3.85. The quantitative estimate of drug-likeness (QED) is 0.697. The zero-order chi connectivity index (χ0) is 8.27. The zero-order valence-electron chi connectivity index (χ0n) is 7.18. The second-order valence-corrected chi connectivity index (χ2v) is 3.46. The fourth-order valence-corrected chi connectivity index (χ4v) is 1.40. The minimum Gasteiger partial charge on any atom is -0.446 e. The van der Waals surface area contributed by atoms with Crippen molar-refractivity contribution in [3.05, 3.63) is 17.3 Å². The van der Waals surface area contributed by atoms with Crippen molar-refractivity contribution in [2.24, 2.45) is 0 Å². The predicted molar refractivity (Wildman–Crippen MR) is 48.1 cm³/mol. The number of rotatable bonds is 3. The van der Waals surface area contributed by atoms with Crippen molar-refractivity contribution in [3.8, 4) is 0 Å². The van der Waals surface area contributed by atoms with Gasteiger partial charge in [0.1, 0.15) is 5.76 Å². The highest BCUT2D eigenvalue weighted by Gasteiger charge is 2.04. The predicted octanol–water partition coefficient (Wildman–Crippen LogP) is 2.20. The first-order chi connectivity index (χ1) is 5.24. The molecule has 1 aromatic heterocycles. The largest absolute Gasteiger partial charge is 0.446 e. The average Bonchev–Trinajstić information content (AvgIpc) is 2.26. The van der Waals surface area contributed by atoms with Crippen molar-refractivity contribution < 1.29 is 4.42 Å². The number of hydrogen-bond donors (Lipinski definition) is 0. The summed E-state index contributed by atoms with van der Waals surface area (Å²) in [6.07, 6.45) is 3.12. The Morgan fingerprint density at radius 3 is 2.64 bits per heavy atom. The molecule has 0 radical (unpaired) electrons. The van der Waals surface area contributed by atoms with Crippen LogP contribution < -0.4 is 0 Å². The van der Waals surface area contributed by atoms with Gasteiger partial charge in [0.15, 0.2) is 5.89 Å². The highest BCUT2D eigenvalue weighted by Crippen LogP contribution is 2.10. The van der Waals surface area contributed by atoms with Gasteiger partial charge in [-0.05, 0) is 18.9 Å². The molecule has 0 fully saturated rings. The van der Waals surface area contributed by atoms with Crippen molar-refractivity contribution >= 4 is 11.8 Å². The maximum absolute atomic E-state index is 5.29. The van der Waals surface area contributed by atoms with Crippen LogP contribution in [-0.4, -0.2) is 17.0 Å². The van der Waals surface area contributed by atoms with E-state index in [1.165, 1.54) is 0 Å². The second kappa shape index (κ2) is 3.81. The smallest absolute Gasteiger partial charge is 0.191 e. The Balaban J connectivity index is 2.62. The number of nitrogens with zero attached hydrogens (tertiary/aromatic N) is 1. The van der Waals surface area contributed by atoms with Crippen molar-refractivity contribution in [1.82, 2.24) is 4.98 Å². The summed E-state index contributed by atoms with van der Waals surface area (Å²) >= 11 is 1.83. The third kappa shape index (κ3) is 2.26. The molecule has 0 spiro atoms. The van der Waals surface area contributed by atoms with E-state index >= 15 is 0 Å². The molecule has 0 aromatic carbocycles. The lowest BCUT2D eigenvalue weighted by Gasteiger charge is -1.92. The fraction of sp³-hybridized carbons (Fsp3) is 0.625. The number of oxazole rings is 1. The molecule has 1 heterocycles. The third-order valence-corrected chi connectivity index (χ3v) is 2.15. The molecular formula is C8H13NOS. The Morgan fingerprint density at radius 1 is 1.45 bits per heavy atom. The van der Waals surface area contributed by atoms with Gasteiger partial charge in [0, 0.05) is 13.3 Å². The highest BCUT2D eigenvalue weighted by atomic mass is 32.2. The Hall–Kier alpha value is -0.440. The van der Waals surface area contributed by atoms with Crippen LogP contribution in [0.4, 0.5) is 0 Å². The molecule has 0 amide bonds. The standard InChI is InChI=1S/C8H13NOS/c1-6-8(4-5-11-3)9-7(2)10-6/h4-5H2,1-3H3. The Bertz CT molecular complexity index is 232. The lowest BCUT2D eigenvalue weighted by Crippen LogP contribution is -1.90. The Labute approximate surface area is 71.4 Å². The van der Waals surface area contributed by atoms with Gasteiger partial charge >= 0.3 is 0 Å². The summed E-state index contributed by atoms with van der Waals surface area (Å²) in [4.78, 5) is 4.27. The van der Waals surface area contributed by atoms with Gasteiger partial charge in [0.25, 0.3) is 0 Å². The average molecular weight is 171 g/mol. The molecule has 11 heavy (non-hydrogen) atoms. The first kappa shape index (κ1) is 8.65. The molecule has 0 atom stereocenters. The van der Waals surface area contributed by atoms with E-state index in [2.05, 4.69) is 11.2 Å². The molecule has 62 valence electrons. The number of hydrogen-bond acceptors (Lipinski definition) is 3. The van der Waals surface area contributed by atoms with Crippen LogP contribution in [0.1, 0.15) is 17.3 Å². The van der Waals surface area contributed by atoms with E-state index < -0.39 is 0 Å². The van der Waals surface area contributed by atoms with Gasteiger partial charge in [0.2, 0.25) is 0 Å². The van der Waals surface area contributed by atoms with Crippen molar-refractivity contribution in [2.45, 2.75) is 20.3 Å². The minimum atomic E-state index is 0.776. The molecule has 0 aliphatic rings. The van der Waals surface area contributed by atoms with Gasteiger partial charge in [-0.15, -0.1) is 0 Å². The molecule has 2 nitrogen and oxygen atoms in total. The van der Waals surface area contributed by atoms with Gasteiger partial charge in [0.05, 0.1) is 5.69 Å². The van der Waals surface area contributed by atoms with Crippen LogP contribution in [0.3, 0.4) is 0 Å². The molecule has 1 aromatic rings. The Morgan fingerprint density at radius 2 is 2.18 bits per heavy atom. The van der Waals surface area contributed by atoms with Gasteiger partial charge in [-0.25, -0.2) is 4.98 Å². The maximum atomic E-state index is 5.29. The van der Waals surface area contributed by atoms with Crippen LogP contribution in [-0.2, 0) is 6.42 Å². The molecule has 3 heteroatoms. The van der Waals surface area contributed by atoms with Crippen molar-refractivity contribution in [1.29, 1.82) is 0 Å². The van der Waals surface area contributed by atoms with E-state index in [0.29, 0.717) is 0 Å².